The minimum absolute atomic E-state index is 0.0958. The topological polar surface area (TPSA) is 83.5 Å². The summed E-state index contributed by atoms with van der Waals surface area (Å²) in [5.41, 5.74) is 0.601. The highest BCUT2D eigenvalue weighted by atomic mass is 32.2. The van der Waals surface area contributed by atoms with Crippen molar-refractivity contribution in [1.82, 2.24) is 4.72 Å². The van der Waals surface area contributed by atoms with Crippen molar-refractivity contribution in [2.24, 2.45) is 29.6 Å². The molecule has 1 aromatic carbocycles. The number of aliphatic carboxylic acids is 1. The minimum atomic E-state index is -3.51. The van der Waals surface area contributed by atoms with Gasteiger partial charge in [-0.2, -0.15) is 0 Å². The maximum Gasteiger partial charge on any atom is 0.307 e. The number of nitrogens with one attached hydrogen (secondary N) is 1. The molecule has 0 saturated heterocycles. The van der Waals surface area contributed by atoms with Crippen molar-refractivity contribution in [2.45, 2.75) is 30.6 Å². The molecule has 0 heterocycles. The number of fused-ring (bicyclic) bond motifs is 5. The molecule has 5 unspecified atom stereocenters. The molecule has 4 rings (SSSR count). The van der Waals surface area contributed by atoms with Crippen LogP contribution in [0.25, 0.3) is 0 Å². The highest BCUT2D eigenvalue weighted by Gasteiger charge is 2.60. The van der Waals surface area contributed by atoms with Crippen LogP contribution in [0.4, 0.5) is 0 Å². The van der Waals surface area contributed by atoms with Crippen molar-refractivity contribution < 1.29 is 18.3 Å². The van der Waals surface area contributed by atoms with Gasteiger partial charge in [-0.3, -0.25) is 4.79 Å². The van der Waals surface area contributed by atoms with Crippen LogP contribution in [-0.4, -0.2) is 26.0 Å². The van der Waals surface area contributed by atoms with Gasteiger partial charge in [0.05, 0.1) is 11.3 Å². The van der Waals surface area contributed by atoms with E-state index in [0.717, 1.165) is 23.7 Å². The van der Waals surface area contributed by atoms with E-state index in [4.69, 9.17) is 5.11 Å². The molecule has 2 N–H and O–H groups in total. The largest absolute Gasteiger partial charge is 0.481 e. The Morgan fingerprint density at radius 3 is 2.43 bits per heavy atom. The maximum absolute atomic E-state index is 12.4. The Morgan fingerprint density at radius 2 is 1.83 bits per heavy atom. The van der Waals surface area contributed by atoms with Crippen LogP contribution in [0.1, 0.15) is 24.8 Å². The lowest BCUT2D eigenvalue weighted by Crippen LogP contribution is -2.32. The molecule has 124 valence electrons. The quantitative estimate of drug-likeness (QED) is 0.831. The standard InChI is InChI=1S/C17H21NO4S/c19-17(20)5-10-1-3-13(4-2-10)23(21,22)18-9-12-6-11-7-14(12)16-8-15(11)16/h1-4,11-12,14-16,18H,5-9H2,(H,19,20). The molecule has 0 amide bonds. The van der Waals surface area contributed by atoms with Crippen LogP contribution in [0, 0.1) is 29.6 Å². The van der Waals surface area contributed by atoms with Crippen molar-refractivity contribution in [1.29, 1.82) is 0 Å². The van der Waals surface area contributed by atoms with Crippen molar-refractivity contribution in [3.63, 3.8) is 0 Å². The zero-order chi connectivity index (χ0) is 16.2. The Bertz CT molecular complexity index is 727. The van der Waals surface area contributed by atoms with E-state index in [1.165, 1.54) is 31.4 Å². The first-order valence-electron chi connectivity index (χ1n) is 8.24. The van der Waals surface area contributed by atoms with Crippen LogP contribution in [0.2, 0.25) is 0 Å². The first-order chi connectivity index (χ1) is 10.9. The van der Waals surface area contributed by atoms with E-state index in [9.17, 15) is 13.2 Å². The van der Waals surface area contributed by atoms with Gasteiger partial charge in [0, 0.05) is 6.54 Å². The number of carboxylic acid groups (broad SMARTS) is 1. The van der Waals surface area contributed by atoms with Gasteiger partial charge in [0.1, 0.15) is 0 Å². The third kappa shape index (κ3) is 2.78. The molecule has 3 aliphatic carbocycles. The van der Waals surface area contributed by atoms with Gasteiger partial charge in [0.2, 0.25) is 10.0 Å². The lowest BCUT2D eigenvalue weighted by atomic mass is 9.89. The van der Waals surface area contributed by atoms with Crippen molar-refractivity contribution in [3.05, 3.63) is 29.8 Å². The van der Waals surface area contributed by atoms with Gasteiger partial charge in [-0.05, 0) is 66.5 Å². The zero-order valence-corrected chi connectivity index (χ0v) is 13.6. The van der Waals surface area contributed by atoms with Gasteiger partial charge in [-0.15, -0.1) is 0 Å². The van der Waals surface area contributed by atoms with Gasteiger partial charge in [-0.25, -0.2) is 13.1 Å². The van der Waals surface area contributed by atoms with Crippen LogP contribution in [0.3, 0.4) is 0 Å². The summed E-state index contributed by atoms with van der Waals surface area (Å²) in [6.45, 7) is 0.531. The minimum Gasteiger partial charge on any atom is -0.481 e. The normalized spacial score (nSPS) is 34.3. The third-order valence-electron chi connectivity index (χ3n) is 5.96. The van der Waals surface area contributed by atoms with Crippen molar-refractivity contribution in [3.8, 4) is 0 Å². The molecule has 0 spiro atoms. The van der Waals surface area contributed by atoms with E-state index in [-0.39, 0.29) is 11.3 Å². The van der Waals surface area contributed by atoms with E-state index in [1.54, 1.807) is 12.1 Å². The predicted molar refractivity (Wildman–Crippen MR) is 84.3 cm³/mol. The molecule has 5 atom stereocenters. The number of carbonyl (C=O) groups is 1. The molecule has 5 nitrogen and oxygen atoms in total. The number of carboxylic acids is 1. The molecule has 2 bridgehead atoms. The molecular weight excluding hydrogens is 314 g/mol. The number of hydrogen-bond acceptors (Lipinski definition) is 3. The van der Waals surface area contributed by atoms with Gasteiger partial charge in [0.25, 0.3) is 0 Å². The second-order valence-electron chi connectivity index (χ2n) is 7.29. The fraction of sp³-hybridized carbons (Fsp3) is 0.588. The average Bonchev–Trinajstić information content (AvgIpc) is 3.11. The summed E-state index contributed by atoms with van der Waals surface area (Å²) in [6, 6.07) is 6.10. The second-order valence-corrected chi connectivity index (χ2v) is 9.05. The molecule has 3 aliphatic rings. The summed E-state index contributed by atoms with van der Waals surface area (Å²) >= 11 is 0. The van der Waals surface area contributed by atoms with Crippen LogP contribution in [0.15, 0.2) is 29.2 Å². The SMILES string of the molecule is O=C(O)Cc1ccc(S(=O)(=O)NCC2CC3CC2C2CC32)cc1. The number of sulfonamides is 1. The molecule has 23 heavy (non-hydrogen) atoms. The Morgan fingerprint density at radius 1 is 1.09 bits per heavy atom. The van der Waals surface area contributed by atoms with Gasteiger partial charge >= 0.3 is 5.97 Å². The van der Waals surface area contributed by atoms with E-state index >= 15 is 0 Å². The first-order valence-corrected chi connectivity index (χ1v) is 9.73. The smallest absolute Gasteiger partial charge is 0.307 e. The first kappa shape index (κ1) is 15.1. The van der Waals surface area contributed by atoms with Gasteiger partial charge in [-0.1, -0.05) is 12.1 Å². The molecule has 6 heteroatoms. The lowest BCUT2D eigenvalue weighted by Gasteiger charge is -2.21. The Kier molecular flexibility index (Phi) is 3.50. The van der Waals surface area contributed by atoms with Crippen molar-refractivity contribution in [2.75, 3.05) is 6.54 Å². The molecule has 1 aromatic rings. The highest BCUT2D eigenvalue weighted by molar-refractivity contribution is 7.89. The lowest BCUT2D eigenvalue weighted by molar-refractivity contribution is -0.136. The molecule has 0 aromatic heterocycles. The van der Waals surface area contributed by atoms with E-state index < -0.39 is 16.0 Å². The Balaban J connectivity index is 1.38. The monoisotopic (exact) mass is 335 g/mol. The average molecular weight is 335 g/mol. The van der Waals surface area contributed by atoms with Gasteiger partial charge in [0.15, 0.2) is 0 Å². The summed E-state index contributed by atoms with van der Waals surface area (Å²) in [5, 5.41) is 8.75. The number of rotatable bonds is 6. The van der Waals surface area contributed by atoms with Crippen LogP contribution in [0.5, 0.6) is 0 Å². The molecule has 0 aliphatic heterocycles. The Labute approximate surface area is 136 Å². The predicted octanol–water partition coefficient (Wildman–Crippen LogP) is 1.88. The highest BCUT2D eigenvalue weighted by Crippen LogP contribution is 2.67. The molecule has 0 radical (unpaired) electrons. The van der Waals surface area contributed by atoms with E-state index in [2.05, 4.69) is 4.72 Å². The summed E-state index contributed by atoms with van der Waals surface area (Å²) < 4.78 is 27.5. The summed E-state index contributed by atoms with van der Waals surface area (Å²) in [6.07, 6.45) is 3.74. The summed E-state index contributed by atoms with van der Waals surface area (Å²) in [4.78, 5) is 10.9. The molecule has 3 saturated carbocycles. The van der Waals surface area contributed by atoms with Crippen molar-refractivity contribution >= 4 is 16.0 Å². The van der Waals surface area contributed by atoms with E-state index in [1.807, 2.05) is 0 Å². The maximum atomic E-state index is 12.4. The number of hydrogen-bond donors (Lipinski definition) is 2. The van der Waals surface area contributed by atoms with Crippen LogP contribution < -0.4 is 4.72 Å². The van der Waals surface area contributed by atoms with Crippen LogP contribution >= 0.6 is 0 Å². The third-order valence-corrected chi connectivity index (χ3v) is 7.40. The fourth-order valence-electron chi connectivity index (χ4n) is 4.84. The van der Waals surface area contributed by atoms with Gasteiger partial charge < -0.3 is 5.11 Å². The zero-order valence-electron chi connectivity index (χ0n) is 12.8. The summed E-state index contributed by atoms with van der Waals surface area (Å²) in [7, 11) is -3.51. The Hall–Kier alpha value is -1.40. The molecule has 3 fully saturated rings. The molecular formula is C17H21NO4S. The second kappa shape index (κ2) is 5.31. The number of benzene rings is 1. The summed E-state index contributed by atoms with van der Waals surface area (Å²) in [5.74, 6) is 2.96. The van der Waals surface area contributed by atoms with Crippen LogP contribution in [-0.2, 0) is 21.2 Å². The van der Waals surface area contributed by atoms with E-state index in [0.29, 0.717) is 18.0 Å². The fourth-order valence-corrected chi connectivity index (χ4v) is 5.94.